The standard InChI is InChI=1S/C17H20ClN3O3/c1-2-24-17(23)11-4-3-7-21(9-11)10-15-19-14-6-5-12(18)8-13(14)16(22)20-15/h5-6,8,11H,2-4,7,9-10H2,1H3,(H,19,20,22)/t11-/m1/s1. The smallest absolute Gasteiger partial charge is 0.310 e. The molecule has 2 heterocycles. The molecule has 1 atom stereocenters. The molecular formula is C17H20ClN3O3. The maximum absolute atomic E-state index is 12.2. The highest BCUT2D eigenvalue weighted by molar-refractivity contribution is 6.31. The summed E-state index contributed by atoms with van der Waals surface area (Å²) in [5, 5.41) is 0.991. The molecule has 7 heteroatoms. The van der Waals surface area contributed by atoms with Crippen LogP contribution in [-0.2, 0) is 16.1 Å². The van der Waals surface area contributed by atoms with Crippen molar-refractivity contribution in [1.29, 1.82) is 0 Å². The number of benzene rings is 1. The molecule has 0 saturated carbocycles. The number of nitrogens with one attached hydrogen (secondary N) is 1. The van der Waals surface area contributed by atoms with Gasteiger partial charge in [-0.25, -0.2) is 4.98 Å². The Labute approximate surface area is 144 Å². The molecule has 0 unspecified atom stereocenters. The highest BCUT2D eigenvalue weighted by Gasteiger charge is 2.27. The third kappa shape index (κ3) is 3.76. The number of H-pyrrole nitrogens is 1. The van der Waals surface area contributed by atoms with Gasteiger partial charge in [0.05, 0.1) is 30.0 Å². The van der Waals surface area contributed by atoms with Gasteiger partial charge in [0.25, 0.3) is 5.56 Å². The predicted octanol–water partition coefficient (Wildman–Crippen LogP) is 2.35. The number of aromatic amines is 1. The van der Waals surface area contributed by atoms with E-state index in [2.05, 4.69) is 14.9 Å². The van der Waals surface area contributed by atoms with Gasteiger partial charge in [-0.3, -0.25) is 14.5 Å². The van der Waals surface area contributed by atoms with E-state index in [1.54, 1.807) is 18.2 Å². The van der Waals surface area contributed by atoms with Crippen LogP contribution in [0.1, 0.15) is 25.6 Å². The van der Waals surface area contributed by atoms with Crippen LogP contribution in [0.4, 0.5) is 0 Å². The Hall–Kier alpha value is -1.92. The average molecular weight is 350 g/mol. The number of rotatable bonds is 4. The van der Waals surface area contributed by atoms with Crippen LogP contribution in [0.3, 0.4) is 0 Å². The fourth-order valence-electron chi connectivity index (χ4n) is 3.10. The van der Waals surface area contributed by atoms with E-state index in [0.717, 1.165) is 19.4 Å². The van der Waals surface area contributed by atoms with Gasteiger partial charge < -0.3 is 9.72 Å². The van der Waals surface area contributed by atoms with Crippen LogP contribution in [0.5, 0.6) is 0 Å². The van der Waals surface area contributed by atoms with Crippen LogP contribution in [0.25, 0.3) is 10.9 Å². The van der Waals surface area contributed by atoms with Gasteiger partial charge in [0.1, 0.15) is 5.82 Å². The summed E-state index contributed by atoms with van der Waals surface area (Å²) in [6.07, 6.45) is 1.77. The molecule has 128 valence electrons. The third-order valence-electron chi connectivity index (χ3n) is 4.22. The van der Waals surface area contributed by atoms with Crippen LogP contribution in [-0.4, -0.2) is 40.5 Å². The lowest BCUT2D eigenvalue weighted by Crippen LogP contribution is -2.39. The van der Waals surface area contributed by atoms with Crippen LogP contribution in [0.2, 0.25) is 5.02 Å². The Morgan fingerprint density at radius 2 is 2.33 bits per heavy atom. The molecule has 1 aromatic heterocycles. The quantitative estimate of drug-likeness (QED) is 0.857. The van der Waals surface area contributed by atoms with Crippen LogP contribution in [0, 0.1) is 5.92 Å². The number of hydrogen-bond donors (Lipinski definition) is 1. The number of ether oxygens (including phenoxy) is 1. The molecular weight excluding hydrogens is 330 g/mol. The minimum atomic E-state index is -0.198. The molecule has 1 saturated heterocycles. The van der Waals surface area contributed by atoms with Gasteiger partial charge in [-0.15, -0.1) is 0 Å². The Balaban J connectivity index is 1.76. The van der Waals surface area contributed by atoms with Crippen molar-refractivity contribution >= 4 is 28.5 Å². The molecule has 1 aliphatic rings. The maximum atomic E-state index is 12.2. The molecule has 1 aliphatic heterocycles. The molecule has 2 aromatic rings. The van der Waals surface area contributed by atoms with E-state index in [0.29, 0.717) is 41.4 Å². The summed E-state index contributed by atoms with van der Waals surface area (Å²) < 4.78 is 5.12. The van der Waals surface area contributed by atoms with E-state index in [1.807, 2.05) is 6.92 Å². The molecule has 1 fully saturated rings. The molecule has 0 radical (unpaired) electrons. The summed E-state index contributed by atoms with van der Waals surface area (Å²) in [6.45, 7) is 4.22. The van der Waals surface area contributed by atoms with Gasteiger partial charge >= 0.3 is 5.97 Å². The van der Waals surface area contributed by atoms with Crippen molar-refractivity contribution in [3.05, 3.63) is 39.4 Å². The highest BCUT2D eigenvalue weighted by atomic mass is 35.5. The molecule has 0 spiro atoms. The summed E-state index contributed by atoms with van der Waals surface area (Å²) in [5.41, 5.74) is 0.425. The zero-order valence-corrected chi connectivity index (χ0v) is 14.3. The zero-order valence-electron chi connectivity index (χ0n) is 13.5. The minimum Gasteiger partial charge on any atom is -0.466 e. The number of carbonyl (C=O) groups is 1. The zero-order chi connectivity index (χ0) is 17.1. The number of esters is 1. The molecule has 1 aromatic carbocycles. The van der Waals surface area contributed by atoms with Crippen molar-refractivity contribution in [2.45, 2.75) is 26.3 Å². The van der Waals surface area contributed by atoms with Crippen LogP contribution >= 0.6 is 11.6 Å². The average Bonchev–Trinajstić information content (AvgIpc) is 2.56. The largest absolute Gasteiger partial charge is 0.466 e. The fraction of sp³-hybridized carbons (Fsp3) is 0.471. The first-order valence-electron chi connectivity index (χ1n) is 8.14. The van der Waals surface area contributed by atoms with E-state index >= 15 is 0 Å². The van der Waals surface area contributed by atoms with Crippen molar-refractivity contribution in [1.82, 2.24) is 14.9 Å². The van der Waals surface area contributed by atoms with Crippen molar-refractivity contribution in [3.8, 4) is 0 Å². The lowest BCUT2D eigenvalue weighted by Gasteiger charge is -2.30. The van der Waals surface area contributed by atoms with E-state index in [4.69, 9.17) is 16.3 Å². The summed E-state index contributed by atoms with van der Waals surface area (Å²) >= 11 is 5.92. The van der Waals surface area contributed by atoms with Gasteiger partial charge in [0.2, 0.25) is 0 Å². The first kappa shape index (κ1) is 16.9. The maximum Gasteiger partial charge on any atom is 0.310 e. The van der Waals surface area contributed by atoms with Crippen molar-refractivity contribution in [2.24, 2.45) is 5.92 Å². The predicted molar refractivity (Wildman–Crippen MR) is 92.0 cm³/mol. The Morgan fingerprint density at radius 3 is 3.12 bits per heavy atom. The van der Waals surface area contributed by atoms with Gasteiger partial charge in [-0.2, -0.15) is 0 Å². The van der Waals surface area contributed by atoms with Crippen molar-refractivity contribution in [3.63, 3.8) is 0 Å². The lowest BCUT2D eigenvalue weighted by atomic mass is 9.98. The summed E-state index contributed by atoms with van der Waals surface area (Å²) in [7, 11) is 0. The molecule has 0 bridgehead atoms. The molecule has 0 aliphatic carbocycles. The van der Waals surface area contributed by atoms with E-state index in [1.165, 1.54) is 0 Å². The van der Waals surface area contributed by atoms with E-state index < -0.39 is 0 Å². The third-order valence-corrected chi connectivity index (χ3v) is 4.45. The number of aromatic nitrogens is 2. The second-order valence-electron chi connectivity index (χ2n) is 6.00. The summed E-state index contributed by atoms with van der Waals surface area (Å²) in [4.78, 5) is 33.6. The number of piperidine rings is 1. The summed E-state index contributed by atoms with van der Waals surface area (Å²) in [6, 6.07) is 5.08. The first-order chi connectivity index (χ1) is 11.6. The molecule has 6 nitrogen and oxygen atoms in total. The number of carbonyl (C=O) groups excluding carboxylic acids is 1. The van der Waals surface area contributed by atoms with Crippen LogP contribution in [0.15, 0.2) is 23.0 Å². The summed E-state index contributed by atoms with van der Waals surface area (Å²) in [5.74, 6) is 0.348. The van der Waals surface area contributed by atoms with E-state index in [-0.39, 0.29) is 17.4 Å². The van der Waals surface area contributed by atoms with Gasteiger partial charge in [0, 0.05) is 11.6 Å². The molecule has 3 rings (SSSR count). The minimum absolute atomic E-state index is 0.107. The number of fused-ring (bicyclic) bond motifs is 1. The topological polar surface area (TPSA) is 75.3 Å². The van der Waals surface area contributed by atoms with E-state index in [9.17, 15) is 9.59 Å². The fourth-order valence-corrected chi connectivity index (χ4v) is 3.27. The van der Waals surface area contributed by atoms with Gasteiger partial charge in [-0.05, 0) is 44.5 Å². The Morgan fingerprint density at radius 1 is 1.50 bits per heavy atom. The number of nitrogens with zero attached hydrogens (tertiary/aromatic N) is 2. The Kier molecular flexibility index (Phi) is 5.16. The molecule has 24 heavy (non-hydrogen) atoms. The monoisotopic (exact) mass is 349 g/mol. The SMILES string of the molecule is CCOC(=O)[C@@H]1CCCN(Cc2nc3ccc(Cl)cc3c(=O)[nH]2)C1. The van der Waals surface area contributed by atoms with Crippen molar-refractivity contribution in [2.75, 3.05) is 19.7 Å². The van der Waals surface area contributed by atoms with Crippen molar-refractivity contribution < 1.29 is 9.53 Å². The number of hydrogen-bond acceptors (Lipinski definition) is 5. The second kappa shape index (κ2) is 7.32. The number of likely N-dealkylation sites (tertiary alicyclic amines) is 1. The first-order valence-corrected chi connectivity index (χ1v) is 8.52. The highest BCUT2D eigenvalue weighted by Crippen LogP contribution is 2.20. The second-order valence-corrected chi connectivity index (χ2v) is 6.44. The van der Waals surface area contributed by atoms with Gasteiger partial charge in [0.15, 0.2) is 0 Å². The van der Waals surface area contributed by atoms with Gasteiger partial charge in [-0.1, -0.05) is 11.6 Å². The number of halogens is 1. The molecule has 1 N–H and O–H groups in total. The van der Waals surface area contributed by atoms with Crippen LogP contribution < -0.4 is 5.56 Å². The molecule has 0 amide bonds. The normalized spacial score (nSPS) is 18.7. The Bertz CT molecular complexity index is 805. The lowest BCUT2D eigenvalue weighted by molar-refractivity contribution is -0.150.